The maximum absolute atomic E-state index is 12.3. The Morgan fingerprint density at radius 3 is 2.24 bits per heavy atom. The number of anilines is 1. The Morgan fingerprint density at radius 2 is 1.76 bits per heavy atom. The summed E-state index contributed by atoms with van der Waals surface area (Å²) in [6, 6.07) is 6.27. The molecule has 1 aromatic heterocycles. The lowest BCUT2D eigenvalue weighted by Gasteiger charge is -2.10. The van der Waals surface area contributed by atoms with Crippen molar-refractivity contribution in [2.24, 2.45) is 5.73 Å². The average molecular weight is 311 g/mol. The Balaban J connectivity index is 2.31. The Kier molecular flexibility index (Phi) is 4.39. The van der Waals surface area contributed by atoms with E-state index in [1.807, 2.05) is 0 Å². The first kappa shape index (κ1) is 15.2. The van der Waals surface area contributed by atoms with Gasteiger partial charge >= 0.3 is 0 Å². The summed E-state index contributed by atoms with van der Waals surface area (Å²) in [5.74, 6) is 0.979. The minimum Gasteiger partial charge on any atom is -0.497 e. The topological polar surface area (TPSA) is 106 Å². The van der Waals surface area contributed by atoms with Gasteiger partial charge in [0.15, 0.2) is 0 Å². The molecule has 0 saturated heterocycles. The van der Waals surface area contributed by atoms with Gasteiger partial charge in [-0.2, -0.15) is 0 Å². The SMILES string of the molecule is COc1cc(NS(=O)(=O)c2c[nH]c(CN)c2)cc(OC)c1. The van der Waals surface area contributed by atoms with Crippen molar-refractivity contribution in [3.63, 3.8) is 0 Å². The van der Waals surface area contributed by atoms with Crippen LogP contribution in [-0.2, 0) is 16.6 Å². The molecular formula is C13H17N3O4S. The van der Waals surface area contributed by atoms with Gasteiger partial charge in [0.25, 0.3) is 10.0 Å². The zero-order valence-electron chi connectivity index (χ0n) is 11.7. The molecule has 7 nitrogen and oxygen atoms in total. The van der Waals surface area contributed by atoms with Crippen molar-refractivity contribution < 1.29 is 17.9 Å². The van der Waals surface area contributed by atoms with E-state index in [0.717, 1.165) is 0 Å². The van der Waals surface area contributed by atoms with Crippen LogP contribution in [0.1, 0.15) is 5.69 Å². The molecule has 0 aliphatic heterocycles. The van der Waals surface area contributed by atoms with Gasteiger partial charge in [0.2, 0.25) is 0 Å². The minimum atomic E-state index is -3.70. The molecule has 1 heterocycles. The van der Waals surface area contributed by atoms with Crippen molar-refractivity contribution in [2.75, 3.05) is 18.9 Å². The second-order valence-corrected chi connectivity index (χ2v) is 5.95. The minimum absolute atomic E-state index is 0.115. The smallest absolute Gasteiger partial charge is 0.263 e. The molecule has 0 fully saturated rings. The summed E-state index contributed by atoms with van der Waals surface area (Å²) in [4.78, 5) is 2.91. The molecule has 114 valence electrons. The number of methoxy groups -OCH3 is 2. The average Bonchev–Trinajstić information content (AvgIpc) is 2.96. The number of ether oxygens (including phenoxy) is 2. The summed E-state index contributed by atoms with van der Waals surface area (Å²) in [6.45, 7) is 0.239. The monoisotopic (exact) mass is 311 g/mol. The standard InChI is InChI=1S/C13H17N3O4S/c1-19-11-3-9(4-12(6-11)20-2)16-21(17,18)13-5-10(7-14)15-8-13/h3-6,8,15-16H,7,14H2,1-2H3. The molecule has 2 rings (SSSR count). The van der Waals surface area contributed by atoms with Crippen molar-refractivity contribution >= 4 is 15.7 Å². The van der Waals surface area contributed by atoms with E-state index in [1.54, 1.807) is 18.2 Å². The lowest BCUT2D eigenvalue weighted by molar-refractivity contribution is 0.395. The lowest BCUT2D eigenvalue weighted by Crippen LogP contribution is -2.12. The van der Waals surface area contributed by atoms with Crippen LogP contribution >= 0.6 is 0 Å². The van der Waals surface area contributed by atoms with Crippen LogP contribution < -0.4 is 19.9 Å². The number of H-pyrrole nitrogens is 1. The summed E-state index contributed by atoms with van der Waals surface area (Å²) in [5.41, 5.74) is 6.44. The highest BCUT2D eigenvalue weighted by Gasteiger charge is 2.17. The molecule has 0 spiro atoms. The fourth-order valence-corrected chi connectivity index (χ4v) is 2.83. The first-order valence-electron chi connectivity index (χ1n) is 6.11. The summed E-state index contributed by atoms with van der Waals surface area (Å²) >= 11 is 0. The highest BCUT2D eigenvalue weighted by atomic mass is 32.2. The summed E-state index contributed by atoms with van der Waals surface area (Å²) < 4.78 is 37.2. The maximum Gasteiger partial charge on any atom is 0.263 e. The van der Waals surface area contributed by atoms with Crippen LogP contribution in [0, 0.1) is 0 Å². The van der Waals surface area contributed by atoms with E-state index in [4.69, 9.17) is 15.2 Å². The number of aromatic nitrogens is 1. The van der Waals surface area contributed by atoms with E-state index < -0.39 is 10.0 Å². The highest BCUT2D eigenvalue weighted by molar-refractivity contribution is 7.92. The Bertz CT molecular complexity index is 703. The molecule has 0 bridgehead atoms. The van der Waals surface area contributed by atoms with Gasteiger partial charge in [-0.3, -0.25) is 4.72 Å². The van der Waals surface area contributed by atoms with Crippen LogP contribution in [0.2, 0.25) is 0 Å². The fourth-order valence-electron chi connectivity index (χ4n) is 1.77. The molecule has 0 aliphatic rings. The molecule has 0 saturated carbocycles. The van der Waals surface area contributed by atoms with Gasteiger partial charge in [0, 0.05) is 36.6 Å². The van der Waals surface area contributed by atoms with Crippen molar-refractivity contribution in [3.8, 4) is 11.5 Å². The molecule has 0 radical (unpaired) electrons. The van der Waals surface area contributed by atoms with Gasteiger partial charge in [0.05, 0.1) is 19.9 Å². The second-order valence-electron chi connectivity index (χ2n) is 4.27. The van der Waals surface area contributed by atoms with Gasteiger partial charge in [-0.1, -0.05) is 0 Å². The number of sulfonamides is 1. The number of rotatable bonds is 6. The molecule has 2 aromatic rings. The third kappa shape index (κ3) is 3.47. The number of aromatic amines is 1. The van der Waals surface area contributed by atoms with Crippen molar-refractivity contribution in [3.05, 3.63) is 36.2 Å². The Hall–Kier alpha value is -2.19. The largest absolute Gasteiger partial charge is 0.497 e. The number of nitrogens with two attached hydrogens (primary N) is 1. The molecule has 1 aromatic carbocycles. The van der Waals surface area contributed by atoms with E-state index in [9.17, 15) is 8.42 Å². The Labute approximate surface area is 123 Å². The molecule has 0 atom stereocenters. The summed E-state index contributed by atoms with van der Waals surface area (Å²) in [5, 5.41) is 0. The molecular weight excluding hydrogens is 294 g/mol. The second kappa shape index (κ2) is 6.06. The van der Waals surface area contributed by atoms with Crippen molar-refractivity contribution in [1.82, 2.24) is 4.98 Å². The Morgan fingerprint density at radius 1 is 1.14 bits per heavy atom. The first-order chi connectivity index (χ1) is 9.98. The van der Waals surface area contributed by atoms with Gasteiger partial charge in [-0.05, 0) is 6.07 Å². The van der Waals surface area contributed by atoms with Crippen LogP contribution in [0.3, 0.4) is 0 Å². The van der Waals surface area contributed by atoms with Gasteiger partial charge in [0.1, 0.15) is 16.4 Å². The lowest BCUT2D eigenvalue weighted by atomic mass is 10.3. The molecule has 0 aliphatic carbocycles. The first-order valence-corrected chi connectivity index (χ1v) is 7.60. The van der Waals surface area contributed by atoms with Crippen LogP contribution in [0.4, 0.5) is 5.69 Å². The van der Waals surface area contributed by atoms with E-state index in [1.165, 1.54) is 26.5 Å². The zero-order valence-corrected chi connectivity index (χ0v) is 12.5. The van der Waals surface area contributed by atoms with Crippen LogP contribution in [0.5, 0.6) is 11.5 Å². The fraction of sp³-hybridized carbons (Fsp3) is 0.231. The maximum atomic E-state index is 12.3. The molecule has 8 heteroatoms. The van der Waals surface area contributed by atoms with Crippen LogP contribution in [0.25, 0.3) is 0 Å². The highest BCUT2D eigenvalue weighted by Crippen LogP contribution is 2.27. The van der Waals surface area contributed by atoms with Crippen molar-refractivity contribution in [1.29, 1.82) is 0 Å². The number of nitrogens with one attached hydrogen (secondary N) is 2. The summed E-state index contributed by atoms with van der Waals surface area (Å²) in [6.07, 6.45) is 1.39. The molecule has 21 heavy (non-hydrogen) atoms. The van der Waals surface area contributed by atoms with E-state index in [0.29, 0.717) is 22.9 Å². The third-order valence-corrected chi connectivity index (χ3v) is 4.21. The zero-order chi connectivity index (χ0) is 15.5. The third-order valence-electron chi connectivity index (χ3n) is 2.85. The van der Waals surface area contributed by atoms with Gasteiger partial charge in [-0.15, -0.1) is 0 Å². The van der Waals surface area contributed by atoms with Crippen LogP contribution in [-0.4, -0.2) is 27.6 Å². The normalized spacial score (nSPS) is 11.2. The predicted octanol–water partition coefficient (Wildman–Crippen LogP) is 1.29. The predicted molar refractivity (Wildman–Crippen MR) is 79.0 cm³/mol. The summed E-state index contributed by atoms with van der Waals surface area (Å²) in [7, 11) is -0.715. The van der Waals surface area contributed by atoms with Gasteiger partial charge < -0.3 is 20.2 Å². The van der Waals surface area contributed by atoms with Crippen LogP contribution in [0.15, 0.2) is 35.4 Å². The molecule has 0 amide bonds. The number of hydrogen-bond acceptors (Lipinski definition) is 5. The van der Waals surface area contributed by atoms with Gasteiger partial charge in [-0.25, -0.2) is 8.42 Å². The van der Waals surface area contributed by atoms with Crippen molar-refractivity contribution in [2.45, 2.75) is 11.4 Å². The number of hydrogen-bond donors (Lipinski definition) is 3. The molecule has 0 unspecified atom stereocenters. The van der Waals surface area contributed by atoms with E-state index in [2.05, 4.69) is 9.71 Å². The number of benzene rings is 1. The van der Waals surface area contributed by atoms with E-state index in [-0.39, 0.29) is 11.4 Å². The van der Waals surface area contributed by atoms with E-state index >= 15 is 0 Å². The quantitative estimate of drug-likeness (QED) is 0.745. The molecule has 4 N–H and O–H groups in total.